The number of aliphatic hydroxyl groups excluding tert-OH is 2. The normalized spacial score (nSPS) is 25.4. The number of hydrogen-bond donors (Lipinski definition) is 2. The van der Waals surface area contributed by atoms with Gasteiger partial charge in [0.05, 0.1) is 6.10 Å². The van der Waals surface area contributed by atoms with Crippen molar-refractivity contribution in [1.82, 2.24) is 4.90 Å². The molecule has 110 valence electrons. The SMILES string of the molecule is OC1CCN(CC(O)C2COc3ccccc3O2)CC1. The number of hydrogen-bond acceptors (Lipinski definition) is 5. The minimum Gasteiger partial charge on any atom is -0.486 e. The van der Waals surface area contributed by atoms with E-state index in [1.165, 1.54) is 0 Å². The third kappa shape index (κ3) is 3.06. The van der Waals surface area contributed by atoms with Gasteiger partial charge < -0.3 is 24.6 Å². The summed E-state index contributed by atoms with van der Waals surface area (Å²) < 4.78 is 11.4. The highest BCUT2D eigenvalue weighted by atomic mass is 16.6. The molecule has 0 radical (unpaired) electrons. The average molecular weight is 279 g/mol. The van der Waals surface area contributed by atoms with Gasteiger partial charge in [-0.1, -0.05) is 12.1 Å². The van der Waals surface area contributed by atoms with Crippen LogP contribution in [0.5, 0.6) is 11.5 Å². The Morgan fingerprint density at radius 1 is 1.20 bits per heavy atom. The number of β-amino-alcohol motifs (C(OH)–C–C–N with tert-alkyl or cyclic N) is 1. The van der Waals surface area contributed by atoms with E-state index < -0.39 is 6.10 Å². The van der Waals surface area contributed by atoms with Crippen LogP contribution in [0.2, 0.25) is 0 Å². The van der Waals surface area contributed by atoms with Crippen molar-refractivity contribution in [3.8, 4) is 11.5 Å². The van der Waals surface area contributed by atoms with Crippen LogP contribution >= 0.6 is 0 Å². The molecule has 0 spiro atoms. The molecule has 0 saturated carbocycles. The van der Waals surface area contributed by atoms with E-state index in [0.29, 0.717) is 18.9 Å². The smallest absolute Gasteiger partial charge is 0.161 e. The predicted molar refractivity (Wildman–Crippen MR) is 74.0 cm³/mol. The molecule has 0 amide bonds. The van der Waals surface area contributed by atoms with Crippen molar-refractivity contribution in [2.75, 3.05) is 26.2 Å². The predicted octanol–water partition coefficient (Wildman–Crippen LogP) is 0.644. The fourth-order valence-corrected chi connectivity index (χ4v) is 2.71. The minimum atomic E-state index is -0.585. The molecule has 2 unspecified atom stereocenters. The summed E-state index contributed by atoms with van der Waals surface area (Å²) in [6, 6.07) is 7.51. The molecule has 2 N–H and O–H groups in total. The quantitative estimate of drug-likeness (QED) is 0.850. The number of nitrogens with zero attached hydrogens (tertiary/aromatic N) is 1. The number of rotatable bonds is 3. The molecule has 5 nitrogen and oxygen atoms in total. The molecule has 1 aromatic carbocycles. The van der Waals surface area contributed by atoms with Crippen molar-refractivity contribution in [2.24, 2.45) is 0 Å². The molecule has 1 aromatic rings. The van der Waals surface area contributed by atoms with Crippen LogP contribution in [0.3, 0.4) is 0 Å². The Hall–Kier alpha value is -1.30. The van der Waals surface area contributed by atoms with Crippen molar-refractivity contribution in [1.29, 1.82) is 0 Å². The minimum absolute atomic E-state index is 0.190. The highest BCUT2D eigenvalue weighted by Gasteiger charge is 2.29. The van der Waals surface area contributed by atoms with E-state index >= 15 is 0 Å². The van der Waals surface area contributed by atoms with Crippen molar-refractivity contribution in [2.45, 2.75) is 31.2 Å². The number of piperidine rings is 1. The second kappa shape index (κ2) is 5.99. The highest BCUT2D eigenvalue weighted by molar-refractivity contribution is 5.40. The Bertz CT molecular complexity index is 445. The molecule has 0 bridgehead atoms. The van der Waals surface area contributed by atoms with Gasteiger partial charge in [-0.05, 0) is 25.0 Å². The Labute approximate surface area is 118 Å². The molecule has 1 fully saturated rings. The number of fused-ring (bicyclic) bond motifs is 1. The van der Waals surface area contributed by atoms with Gasteiger partial charge in [-0.25, -0.2) is 0 Å². The van der Waals surface area contributed by atoms with E-state index in [2.05, 4.69) is 4.90 Å². The fourth-order valence-electron chi connectivity index (χ4n) is 2.71. The summed E-state index contributed by atoms with van der Waals surface area (Å²) in [4.78, 5) is 2.17. The fraction of sp³-hybridized carbons (Fsp3) is 0.600. The summed E-state index contributed by atoms with van der Waals surface area (Å²) >= 11 is 0. The summed E-state index contributed by atoms with van der Waals surface area (Å²) in [5.74, 6) is 1.42. The van der Waals surface area contributed by atoms with Gasteiger partial charge in [0.25, 0.3) is 0 Å². The molecule has 0 aliphatic carbocycles. The van der Waals surface area contributed by atoms with Gasteiger partial charge >= 0.3 is 0 Å². The summed E-state index contributed by atoms with van der Waals surface area (Å²) in [5.41, 5.74) is 0. The molecule has 3 rings (SSSR count). The molecule has 5 heteroatoms. The van der Waals surface area contributed by atoms with Gasteiger partial charge in [0, 0.05) is 19.6 Å². The van der Waals surface area contributed by atoms with Crippen molar-refractivity contribution in [3.63, 3.8) is 0 Å². The maximum absolute atomic E-state index is 10.3. The molecule has 2 aliphatic rings. The molecule has 20 heavy (non-hydrogen) atoms. The zero-order valence-corrected chi connectivity index (χ0v) is 11.4. The molecule has 0 aromatic heterocycles. The monoisotopic (exact) mass is 279 g/mol. The Kier molecular flexibility index (Phi) is 4.10. The summed E-state index contributed by atoms with van der Waals surface area (Å²) in [7, 11) is 0. The Balaban J connectivity index is 1.55. The van der Waals surface area contributed by atoms with Crippen LogP contribution in [0.15, 0.2) is 24.3 Å². The summed E-state index contributed by atoms with van der Waals surface area (Å²) in [6.45, 7) is 2.57. The van der Waals surface area contributed by atoms with Crippen LogP contribution in [0, 0.1) is 0 Å². The lowest BCUT2D eigenvalue weighted by Gasteiger charge is -2.35. The van der Waals surface area contributed by atoms with E-state index in [-0.39, 0.29) is 12.2 Å². The lowest BCUT2D eigenvalue weighted by Crippen LogP contribution is -2.48. The van der Waals surface area contributed by atoms with Crippen molar-refractivity contribution < 1.29 is 19.7 Å². The van der Waals surface area contributed by atoms with Gasteiger partial charge in [-0.15, -0.1) is 0 Å². The molecular formula is C15H21NO4. The maximum Gasteiger partial charge on any atom is 0.161 e. The van der Waals surface area contributed by atoms with Crippen LogP contribution < -0.4 is 9.47 Å². The third-order valence-electron chi connectivity index (χ3n) is 3.96. The van der Waals surface area contributed by atoms with Crippen molar-refractivity contribution in [3.05, 3.63) is 24.3 Å². The Morgan fingerprint density at radius 3 is 2.65 bits per heavy atom. The topological polar surface area (TPSA) is 62.2 Å². The molecule has 2 aliphatic heterocycles. The summed E-state index contributed by atoms with van der Waals surface area (Å²) in [6.07, 6.45) is 0.440. The number of para-hydroxylation sites is 2. The highest BCUT2D eigenvalue weighted by Crippen LogP contribution is 2.31. The number of aliphatic hydroxyl groups is 2. The first kappa shape index (κ1) is 13.7. The van der Waals surface area contributed by atoms with E-state index in [0.717, 1.165) is 31.7 Å². The van der Waals surface area contributed by atoms with Gasteiger partial charge in [-0.3, -0.25) is 0 Å². The first-order chi connectivity index (χ1) is 9.72. The second-order valence-corrected chi connectivity index (χ2v) is 5.51. The van der Waals surface area contributed by atoms with Crippen LogP contribution in [0.4, 0.5) is 0 Å². The van der Waals surface area contributed by atoms with Gasteiger partial charge in [-0.2, -0.15) is 0 Å². The van der Waals surface area contributed by atoms with E-state index in [9.17, 15) is 10.2 Å². The number of likely N-dealkylation sites (tertiary alicyclic amines) is 1. The van der Waals surface area contributed by atoms with Crippen LogP contribution in [-0.2, 0) is 0 Å². The Morgan fingerprint density at radius 2 is 1.90 bits per heavy atom. The number of benzene rings is 1. The average Bonchev–Trinajstić information content (AvgIpc) is 2.49. The van der Waals surface area contributed by atoms with E-state index in [1.54, 1.807) is 0 Å². The third-order valence-corrected chi connectivity index (χ3v) is 3.96. The molecule has 2 heterocycles. The van der Waals surface area contributed by atoms with E-state index in [4.69, 9.17) is 9.47 Å². The van der Waals surface area contributed by atoms with Gasteiger partial charge in [0.1, 0.15) is 12.7 Å². The zero-order valence-electron chi connectivity index (χ0n) is 11.4. The summed E-state index contributed by atoms with van der Waals surface area (Å²) in [5, 5.41) is 19.8. The molecule has 1 saturated heterocycles. The molecule has 2 atom stereocenters. The largest absolute Gasteiger partial charge is 0.486 e. The molecular weight excluding hydrogens is 258 g/mol. The van der Waals surface area contributed by atoms with Gasteiger partial charge in [0.2, 0.25) is 0 Å². The van der Waals surface area contributed by atoms with E-state index in [1.807, 2.05) is 24.3 Å². The van der Waals surface area contributed by atoms with Crippen molar-refractivity contribution >= 4 is 0 Å². The maximum atomic E-state index is 10.3. The second-order valence-electron chi connectivity index (χ2n) is 5.51. The van der Waals surface area contributed by atoms with Crippen LogP contribution in [-0.4, -0.2) is 59.7 Å². The van der Waals surface area contributed by atoms with Crippen LogP contribution in [0.1, 0.15) is 12.8 Å². The zero-order chi connectivity index (χ0) is 13.9. The number of ether oxygens (including phenoxy) is 2. The first-order valence-corrected chi connectivity index (χ1v) is 7.19. The van der Waals surface area contributed by atoms with Gasteiger partial charge in [0.15, 0.2) is 17.6 Å². The van der Waals surface area contributed by atoms with Crippen LogP contribution in [0.25, 0.3) is 0 Å². The first-order valence-electron chi connectivity index (χ1n) is 7.19. The standard InChI is InChI=1S/C15H21NO4/c17-11-5-7-16(8-6-11)9-12(18)15-10-19-13-3-1-2-4-14(13)20-15/h1-4,11-12,15,17-18H,5-10H2. The lowest BCUT2D eigenvalue weighted by molar-refractivity contribution is -0.0330. The lowest BCUT2D eigenvalue weighted by atomic mass is 10.1.